The first-order valence-corrected chi connectivity index (χ1v) is 7.41. The molecule has 0 bridgehead atoms. The summed E-state index contributed by atoms with van der Waals surface area (Å²) in [7, 11) is 0. The highest BCUT2D eigenvalue weighted by atomic mass is 16.5. The fourth-order valence-electron chi connectivity index (χ4n) is 2.02. The molecule has 0 aliphatic heterocycles. The van der Waals surface area contributed by atoms with E-state index in [0.717, 1.165) is 11.1 Å². The molecule has 0 spiro atoms. The van der Waals surface area contributed by atoms with E-state index in [1.54, 1.807) is 30.7 Å². The molecule has 0 aliphatic rings. The van der Waals surface area contributed by atoms with E-state index in [1.807, 2.05) is 24.3 Å². The molecule has 2 rings (SSSR count). The Balaban J connectivity index is 1.89. The molecule has 0 unspecified atom stereocenters. The summed E-state index contributed by atoms with van der Waals surface area (Å²) in [6, 6.07) is 11.3. The summed E-state index contributed by atoms with van der Waals surface area (Å²) in [5.74, 6) is 0.410. The quantitative estimate of drug-likeness (QED) is 0.682. The first kappa shape index (κ1) is 16.7. The predicted molar refractivity (Wildman–Crippen MR) is 90.6 cm³/mol. The standard InChI is InChI=1S/C18H21N3O2/c1-18(2,3)15-6-4-5-7-16(15)23-13-17(22)21-20-12-14-8-10-19-11-9-14/h4-12H,13H2,1-3H3,(H,21,22). The van der Waals surface area contributed by atoms with Crippen LogP contribution in [0.5, 0.6) is 5.75 Å². The van der Waals surface area contributed by atoms with Crippen molar-refractivity contribution < 1.29 is 9.53 Å². The van der Waals surface area contributed by atoms with Gasteiger partial charge in [0, 0.05) is 12.4 Å². The molecule has 5 nitrogen and oxygen atoms in total. The number of amides is 1. The number of hydrogen-bond donors (Lipinski definition) is 1. The van der Waals surface area contributed by atoms with Gasteiger partial charge in [0.25, 0.3) is 5.91 Å². The number of nitrogens with one attached hydrogen (secondary N) is 1. The molecule has 120 valence electrons. The van der Waals surface area contributed by atoms with Crippen molar-refractivity contribution in [1.29, 1.82) is 0 Å². The molecule has 0 saturated heterocycles. The van der Waals surface area contributed by atoms with Crippen LogP contribution in [0.25, 0.3) is 0 Å². The Labute approximate surface area is 136 Å². The van der Waals surface area contributed by atoms with Crippen molar-refractivity contribution in [2.45, 2.75) is 26.2 Å². The summed E-state index contributed by atoms with van der Waals surface area (Å²) in [6.07, 6.45) is 4.88. The molecule has 0 saturated carbocycles. The molecule has 0 aliphatic carbocycles. The molecule has 0 fully saturated rings. The zero-order chi connectivity index (χ0) is 16.7. The van der Waals surface area contributed by atoms with Gasteiger partial charge in [-0.25, -0.2) is 5.43 Å². The minimum absolute atomic E-state index is 0.0490. The third-order valence-electron chi connectivity index (χ3n) is 3.16. The highest BCUT2D eigenvalue weighted by molar-refractivity contribution is 5.82. The summed E-state index contributed by atoms with van der Waals surface area (Å²) in [6.45, 7) is 6.23. The van der Waals surface area contributed by atoms with Gasteiger partial charge >= 0.3 is 0 Å². The Bertz CT molecular complexity index is 676. The molecule has 0 atom stereocenters. The molecule has 23 heavy (non-hydrogen) atoms. The average molecular weight is 311 g/mol. The number of ether oxygens (including phenoxy) is 1. The first-order valence-electron chi connectivity index (χ1n) is 7.41. The topological polar surface area (TPSA) is 63.6 Å². The summed E-state index contributed by atoms with van der Waals surface area (Å²) < 4.78 is 5.63. The molecule has 1 aromatic heterocycles. The summed E-state index contributed by atoms with van der Waals surface area (Å²) in [5, 5.41) is 3.89. The van der Waals surface area contributed by atoms with Gasteiger partial charge in [-0.1, -0.05) is 39.0 Å². The van der Waals surface area contributed by atoms with Crippen molar-refractivity contribution in [3.05, 3.63) is 59.9 Å². The van der Waals surface area contributed by atoms with Gasteiger partial charge in [-0.2, -0.15) is 5.10 Å². The van der Waals surface area contributed by atoms with Crippen LogP contribution in [0.15, 0.2) is 53.9 Å². The maximum absolute atomic E-state index is 11.8. The van der Waals surface area contributed by atoms with Crippen LogP contribution in [0.2, 0.25) is 0 Å². The Kier molecular flexibility index (Phi) is 5.46. The largest absolute Gasteiger partial charge is 0.483 e. The van der Waals surface area contributed by atoms with Crippen LogP contribution in [-0.2, 0) is 10.2 Å². The van der Waals surface area contributed by atoms with Crippen molar-refractivity contribution >= 4 is 12.1 Å². The van der Waals surface area contributed by atoms with E-state index < -0.39 is 0 Å². The molecule has 0 radical (unpaired) electrons. The second-order valence-electron chi connectivity index (χ2n) is 6.11. The van der Waals surface area contributed by atoms with Crippen LogP contribution >= 0.6 is 0 Å². The van der Waals surface area contributed by atoms with Crippen molar-refractivity contribution in [3.63, 3.8) is 0 Å². The molecule has 2 aromatic rings. The lowest BCUT2D eigenvalue weighted by Crippen LogP contribution is -2.25. The highest BCUT2D eigenvalue weighted by Crippen LogP contribution is 2.30. The Morgan fingerprint density at radius 2 is 1.91 bits per heavy atom. The lowest BCUT2D eigenvalue weighted by atomic mass is 9.86. The zero-order valence-corrected chi connectivity index (χ0v) is 13.6. The minimum atomic E-state index is -0.306. The fraction of sp³-hybridized carbons (Fsp3) is 0.278. The number of pyridine rings is 1. The first-order chi connectivity index (χ1) is 11.0. The van der Waals surface area contributed by atoms with Crippen LogP contribution in [0.1, 0.15) is 31.9 Å². The number of carbonyl (C=O) groups is 1. The number of nitrogens with zero attached hydrogens (tertiary/aromatic N) is 2. The third kappa shape index (κ3) is 5.21. The number of hydrazone groups is 1. The molecule has 1 aromatic carbocycles. The van der Waals surface area contributed by atoms with Crippen molar-refractivity contribution in [2.24, 2.45) is 5.10 Å². The zero-order valence-electron chi connectivity index (χ0n) is 13.6. The summed E-state index contributed by atoms with van der Waals surface area (Å²) in [5.41, 5.74) is 4.32. The second kappa shape index (κ2) is 7.54. The van der Waals surface area contributed by atoms with E-state index >= 15 is 0 Å². The lowest BCUT2D eigenvalue weighted by Gasteiger charge is -2.22. The van der Waals surface area contributed by atoms with Crippen molar-refractivity contribution in [2.75, 3.05) is 6.61 Å². The average Bonchev–Trinajstić information content (AvgIpc) is 2.53. The number of para-hydroxylation sites is 1. The maximum Gasteiger partial charge on any atom is 0.277 e. The molecule has 1 N–H and O–H groups in total. The van der Waals surface area contributed by atoms with Gasteiger partial charge in [-0.05, 0) is 34.7 Å². The van der Waals surface area contributed by atoms with E-state index in [4.69, 9.17) is 4.74 Å². The molecule has 5 heteroatoms. The fourth-order valence-corrected chi connectivity index (χ4v) is 2.02. The van der Waals surface area contributed by atoms with Gasteiger partial charge in [-0.3, -0.25) is 9.78 Å². The van der Waals surface area contributed by atoms with Gasteiger partial charge in [0.15, 0.2) is 6.61 Å². The number of carbonyl (C=O) groups excluding carboxylic acids is 1. The smallest absolute Gasteiger partial charge is 0.277 e. The van der Waals surface area contributed by atoms with E-state index in [2.05, 4.69) is 36.3 Å². The minimum Gasteiger partial charge on any atom is -0.483 e. The van der Waals surface area contributed by atoms with Crippen molar-refractivity contribution in [3.8, 4) is 5.75 Å². The Morgan fingerprint density at radius 3 is 2.61 bits per heavy atom. The van der Waals surface area contributed by atoms with Gasteiger partial charge in [0.1, 0.15) is 5.75 Å². The predicted octanol–water partition coefficient (Wildman–Crippen LogP) is 2.91. The maximum atomic E-state index is 11.8. The second-order valence-corrected chi connectivity index (χ2v) is 6.11. The van der Waals surface area contributed by atoms with Crippen LogP contribution in [-0.4, -0.2) is 23.7 Å². The third-order valence-corrected chi connectivity index (χ3v) is 3.16. The van der Waals surface area contributed by atoms with Crippen LogP contribution in [0.4, 0.5) is 0 Å². The molecule has 1 heterocycles. The van der Waals surface area contributed by atoms with Crippen LogP contribution in [0.3, 0.4) is 0 Å². The molecular formula is C18H21N3O2. The normalized spacial score (nSPS) is 11.4. The number of aromatic nitrogens is 1. The van der Waals surface area contributed by atoms with E-state index in [9.17, 15) is 4.79 Å². The van der Waals surface area contributed by atoms with Gasteiger partial charge in [0.2, 0.25) is 0 Å². The number of rotatable bonds is 5. The van der Waals surface area contributed by atoms with Gasteiger partial charge in [-0.15, -0.1) is 0 Å². The van der Waals surface area contributed by atoms with E-state index in [0.29, 0.717) is 5.75 Å². The SMILES string of the molecule is CC(C)(C)c1ccccc1OCC(=O)NN=Cc1ccncc1. The van der Waals surface area contributed by atoms with Crippen molar-refractivity contribution in [1.82, 2.24) is 10.4 Å². The Morgan fingerprint density at radius 1 is 1.22 bits per heavy atom. The molecular weight excluding hydrogens is 290 g/mol. The van der Waals surface area contributed by atoms with E-state index in [1.165, 1.54) is 0 Å². The lowest BCUT2D eigenvalue weighted by molar-refractivity contribution is -0.123. The van der Waals surface area contributed by atoms with Gasteiger partial charge in [0.05, 0.1) is 6.21 Å². The Hall–Kier alpha value is -2.69. The monoisotopic (exact) mass is 311 g/mol. The summed E-state index contributed by atoms with van der Waals surface area (Å²) >= 11 is 0. The van der Waals surface area contributed by atoms with Crippen LogP contribution in [0, 0.1) is 0 Å². The van der Waals surface area contributed by atoms with Crippen LogP contribution < -0.4 is 10.2 Å². The number of benzene rings is 1. The number of hydrogen-bond acceptors (Lipinski definition) is 4. The molecule has 1 amide bonds. The highest BCUT2D eigenvalue weighted by Gasteiger charge is 2.18. The summed E-state index contributed by atoms with van der Waals surface area (Å²) in [4.78, 5) is 15.7. The van der Waals surface area contributed by atoms with Gasteiger partial charge < -0.3 is 4.74 Å². The van der Waals surface area contributed by atoms with E-state index in [-0.39, 0.29) is 17.9 Å².